The number of hydrogen-bond acceptors (Lipinski definition) is 2. The summed E-state index contributed by atoms with van der Waals surface area (Å²) in [6.07, 6.45) is 0. The molecular formula is C37H30N2. The highest BCUT2D eigenvalue weighted by Gasteiger charge is 2.32. The Balaban J connectivity index is 1.84. The van der Waals surface area contributed by atoms with Crippen LogP contribution in [0.2, 0.25) is 0 Å². The molecule has 0 amide bonds. The van der Waals surface area contributed by atoms with E-state index in [0.29, 0.717) is 0 Å². The van der Waals surface area contributed by atoms with E-state index in [0.717, 1.165) is 55.6 Å². The van der Waals surface area contributed by atoms with Crippen molar-refractivity contribution in [3.63, 3.8) is 0 Å². The second-order valence-electron chi connectivity index (χ2n) is 9.80. The van der Waals surface area contributed by atoms with Crippen molar-refractivity contribution in [1.82, 2.24) is 0 Å². The Morgan fingerprint density at radius 1 is 0.359 bits per heavy atom. The first-order valence-electron chi connectivity index (χ1n) is 13.2. The van der Waals surface area contributed by atoms with Crippen LogP contribution in [0, 0.1) is 0 Å². The van der Waals surface area contributed by atoms with E-state index in [1.807, 2.05) is 42.5 Å². The zero-order valence-corrected chi connectivity index (χ0v) is 21.7. The summed E-state index contributed by atoms with van der Waals surface area (Å²) in [5.41, 5.74) is 23.6. The molecular weight excluding hydrogens is 472 g/mol. The Kier molecular flexibility index (Phi) is 6.64. The molecule has 6 aromatic rings. The van der Waals surface area contributed by atoms with Gasteiger partial charge in [0.25, 0.3) is 0 Å². The molecule has 6 aromatic carbocycles. The molecule has 0 aliphatic carbocycles. The van der Waals surface area contributed by atoms with Crippen LogP contribution in [0.5, 0.6) is 0 Å². The number of hydrogen-bond donors (Lipinski definition) is 2. The van der Waals surface area contributed by atoms with Gasteiger partial charge in [-0.25, -0.2) is 0 Å². The first kappa shape index (κ1) is 24.6. The third-order valence-corrected chi connectivity index (χ3v) is 7.30. The standard InChI is InChI=1S/C37H30N2/c38-37(39,31-24-14-5-15-25-31)33-26-32(27-16-6-1-7-17-27)34(28-18-8-2-9-19-28)36(30-22-12-4-13-23-30)35(33)29-20-10-3-11-21-29/h1-26H,38-39H2. The van der Waals surface area contributed by atoms with Gasteiger partial charge in [-0.3, -0.25) is 0 Å². The molecule has 0 saturated carbocycles. The highest BCUT2D eigenvalue weighted by molar-refractivity contribution is 6.03. The van der Waals surface area contributed by atoms with Crippen LogP contribution in [-0.4, -0.2) is 0 Å². The minimum absolute atomic E-state index is 0.854. The van der Waals surface area contributed by atoms with Gasteiger partial charge < -0.3 is 11.5 Å². The molecule has 0 saturated heterocycles. The van der Waals surface area contributed by atoms with Crippen molar-refractivity contribution in [3.8, 4) is 44.5 Å². The second-order valence-corrected chi connectivity index (χ2v) is 9.80. The fourth-order valence-corrected chi connectivity index (χ4v) is 5.43. The van der Waals surface area contributed by atoms with Crippen LogP contribution >= 0.6 is 0 Å². The Morgan fingerprint density at radius 2 is 0.718 bits per heavy atom. The van der Waals surface area contributed by atoms with Gasteiger partial charge in [-0.05, 0) is 61.7 Å². The van der Waals surface area contributed by atoms with E-state index in [2.05, 4.69) is 115 Å². The van der Waals surface area contributed by atoms with Crippen molar-refractivity contribution >= 4 is 0 Å². The van der Waals surface area contributed by atoms with Gasteiger partial charge in [0.1, 0.15) is 5.66 Å². The van der Waals surface area contributed by atoms with Gasteiger partial charge in [0, 0.05) is 0 Å². The topological polar surface area (TPSA) is 52.0 Å². The lowest BCUT2D eigenvalue weighted by atomic mass is 9.76. The molecule has 0 fully saturated rings. The van der Waals surface area contributed by atoms with E-state index in [1.165, 1.54) is 0 Å². The van der Waals surface area contributed by atoms with E-state index < -0.39 is 5.66 Å². The van der Waals surface area contributed by atoms with Gasteiger partial charge in [0.05, 0.1) is 0 Å². The molecule has 4 N–H and O–H groups in total. The van der Waals surface area contributed by atoms with E-state index in [1.54, 1.807) is 0 Å². The van der Waals surface area contributed by atoms with Crippen LogP contribution in [0.4, 0.5) is 0 Å². The van der Waals surface area contributed by atoms with Gasteiger partial charge in [-0.1, -0.05) is 152 Å². The maximum absolute atomic E-state index is 7.16. The van der Waals surface area contributed by atoms with Crippen LogP contribution in [0.3, 0.4) is 0 Å². The van der Waals surface area contributed by atoms with Crippen LogP contribution in [0.1, 0.15) is 11.1 Å². The van der Waals surface area contributed by atoms with Crippen LogP contribution in [0.25, 0.3) is 44.5 Å². The number of nitrogens with two attached hydrogens (primary N) is 2. The van der Waals surface area contributed by atoms with Crippen LogP contribution in [-0.2, 0) is 5.66 Å². The zero-order valence-electron chi connectivity index (χ0n) is 21.7. The van der Waals surface area contributed by atoms with Crippen molar-refractivity contribution in [3.05, 3.63) is 169 Å². The van der Waals surface area contributed by atoms with Crippen molar-refractivity contribution in [2.24, 2.45) is 11.5 Å². The lowest BCUT2D eigenvalue weighted by Gasteiger charge is -2.32. The summed E-state index contributed by atoms with van der Waals surface area (Å²) in [6, 6.07) is 54.3. The largest absolute Gasteiger partial charge is 0.306 e. The van der Waals surface area contributed by atoms with Crippen LogP contribution in [0.15, 0.2) is 158 Å². The van der Waals surface area contributed by atoms with Crippen LogP contribution < -0.4 is 11.5 Å². The van der Waals surface area contributed by atoms with Crippen molar-refractivity contribution in [2.45, 2.75) is 5.66 Å². The maximum atomic E-state index is 7.16. The van der Waals surface area contributed by atoms with Gasteiger partial charge in [0.15, 0.2) is 0 Å². The molecule has 2 heteroatoms. The number of benzene rings is 6. The molecule has 188 valence electrons. The Bertz CT molecular complexity index is 1680. The summed E-state index contributed by atoms with van der Waals surface area (Å²) >= 11 is 0. The molecule has 2 nitrogen and oxygen atoms in total. The smallest absolute Gasteiger partial charge is 0.117 e. The van der Waals surface area contributed by atoms with Gasteiger partial charge in [-0.15, -0.1) is 0 Å². The first-order chi connectivity index (χ1) is 19.1. The highest BCUT2D eigenvalue weighted by Crippen LogP contribution is 2.49. The number of rotatable bonds is 6. The third kappa shape index (κ3) is 4.68. The van der Waals surface area contributed by atoms with E-state index in [9.17, 15) is 0 Å². The first-order valence-corrected chi connectivity index (χ1v) is 13.2. The van der Waals surface area contributed by atoms with Gasteiger partial charge in [0.2, 0.25) is 0 Å². The van der Waals surface area contributed by atoms with E-state index >= 15 is 0 Å². The predicted octanol–water partition coefficient (Wildman–Crippen LogP) is 8.47. The SMILES string of the molecule is NC(N)(c1ccccc1)c1cc(-c2ccccc2)c(-c2ccccc2)c(-c2ccccc2)c1-c1ccccc1. The van der Waals surface area contributed by atoms with Gasteiger partial charge >= 0.3 is 0 Å². The highest BCUT2D eigenvalue weighted by atomic mass is 15.0. The van der Waals surface area contributed by atoms with Gasteiger partial charge in [-0.2, -0.15) is 0 Å². The zero-order chi connectivity index (χ0) is 26.7. The summed E-state index contributed by atoms with van der Waals surface area (Å²) in [5, 5.41) is 0. The summed E-state index contributed by atoms with van der Waals surface area (Å²) in [6.45, 7) is 0. The summed E-state index contributed by atoms with van der Waals surface area (Å²) < 4.78 is 0. The molecule has 0 spiro atoms. The molecule has 0 aromatic heterocycles. The lowest BCUT2D eigenvalue weighted by molar-refractivity contribution is 0.569. The quantitative estimate of drug-likeness (QED) is 0.224. The molecule has 0 aliphatic rings. The van der Waals surface area contributed by atoms with E-state index in [-0.39, 0.29) is 0 Å². The monoisotopic (exact) mass is 502 g/mol. The predicted molar refractivity (Wildman–Crippen MR) is 164 cm³/mol. The molecule has 0 bridgehead atoms. The summed E-state index contributed by atoms with van der Waals surface area (Å²) in [5.74, 6) is 0. The molecule has 0 atom stereocenters. The molecule has 0 radical (unpaired) electrons. The fourth-order valence-electron chi connectivity index (χ4n) is 5.43. The van der Waals surface area contributed by atoms with Crippen molar-refractivity contribution < 1.29 is 0 Å². The van der Waals surface area contributed by atoms with Crippen molar-refractivity contribution in [1.29, 1.82) is 0 Å². The fraction of sp³-hybridized carbons (Fsp3) is 0.0270. The average Bonchev–Trinajstić information content (AvgIpc) is 3.02. The minimum Gasteiger partial charge on any atom is -0.306 e. The Labute approximate surface area is 230 Å². The normalized spacial score (nSPS) is 11.3. The third-order valence-electron chi connectivity index (χ3n) is 7.30. The molecule has 39 heavy (non-hydrogen) atoms. The van der Waals surface area contributed by atoms with Crippen molar-refractivity contribution in [2.75, 3.05) is 0 Å². The lowest BCUT2D eigenvalue weighted by Crippen LogP contribution is -2.47. The molecule has 0 unspecified atom stereocenters. The molecule has 6 rings (SSSR count). The van der Waals surface area contributed by atoms with E-state index in [4.69, 9.17) is 11.5 Å². The second kappa shape index (κ2) is 10.5. The molecule has 0 heterocycles. The minimum atomic E-state index is -1.24. The Hall–Kier alpha value is -4.76. The Morgan fingerprint density at radius 3 is 1.18 bits per heavy atom. The average molecular weight is 503 g/mol. The molecule has 0 aliphatic heterocycles. The summed E-state index contributed by atoms with van der Waals surface area (Å²) in [7, 11) is 0. The summed E-state index contributed by atoms with van der Waals surface area (Å²) in [4.78, 5) is 0. The maximum Gasteiger partial charge on any atom is 0.117 e.